The number of hydrogen-bond acceptors (Lipinski definition) is 5. The Bertz CT molecular complexity index is 1120. The van der Waals surface area contributed by atoms with Crippen molar-refractivity contribution in [2.24, 2.45) is 14.1 Å². The number of aromatic nitrogens is 4. The molecule has 0 saturated carbocycles. The molecule has 142 valence electrons. The van der Waals surface area contributed by atoms with Gasteiger partial charge in [0, 0.05) is 26.2 Å². The molecular weight excluding hydrogens is 364 g/mol. The van der Waals surface area contributed by atoms with E-state index < -0.39 is 5.69 Å². The number of hydrogen-bond donors (Lipinski definition) is 0. The third kappa shape index (κ3) is 3.49. The second kappa shape index (κ2) is 7.56. The van der Waals surface area contributed by atoms with E-state index in [1.807, 2.05) is 42.7 Å². The van der Waals surface area contributed by atoms with Crippen LogP contribution in [0.5, 0.6) is 0 Å². The van der Waals surface area contributed by atoms with Gasteiger partial charge in [0.25, 0.3) is 5.56 Å². The third-order valence-electron chi connectivity index (χ3n) is 4.47. The summed E-state index contributed by atoms with van der Waals surface area (Å²) in [5.74, 6) is 0.210. The number of carbonyl (C=O) groups is 1. The SMILES string of the molecule is CCCn1c(SCC(=O)c2ccc(C)cc2)nc2c1c(=O)n(C)c(=O)n2C. The molecule has 3 aromatic rings. The van der Waals surface area contributed by atoms with Crippen molar-refractivity contribution in [3.63, 3.8) is 0 Å². The zero-order valence-electron chi connectivity index (χ0n) is 15.9. The van der Waals surface area contributed by atoms with Crippen LogP contribution in [-0.4, -0.2) is 30.2 Å². The van der Waals surface area contributed by atoms with Crippen molar-refractivity contribution in [1.29, 1.82) is 0 Å². The van der Waals surface area contributed by atoms with Crippen molar-refractivity contribution in [3.8, 4) is 0 Å². The molecule has 0 unspecified atom stereocenters. The Balaban J connectivity index is 2.00. The number of aryl methyl sites for hydroxylation is 3. The van der Waals surface area contributed by atoms with Gasteiger partial charge in [-0.3, -0.25) is 18.7 Å². The quantitative estimate of drug-likeness (QED) is 0.479. The van der Waals surface area contributed by atoms with E-state index in [1.165, 1.54) is 23.4 Å². The molecule has 0 spiro atoms. The van der Waals surface area contributed by atoms with Gasteiger partial charge in [-0.05, 0) is 13.3 Å². The van der Waals surface area contributed by atoms with E-state index in [-0.39, 0.29) is 17.1 Å². The van der Waals surface area contributed by atoms with Gasteiger partial charge in [-0.1, -0.05) is 48.5 Å². The summed E-state index contributed by atoms with van der Waals surface area (Å²) >= 11 is 1.29. The molecule has 2 heterocycles. The predicted octanol–water partition coefficient (Wildman–Crippen LogP) is 2.13. The summed E-state index contributed by atoms with van der Waals surface area (Å²) in [4.78, 5) is 41.8. The largest absolute Gasteiger partial charge is 0.332 e. The molecule has 7 nitrogen and oxygen atoms in total. The summed E-state index contributed by atoms with van der Waals surface area (Å²) in [6, 6.07) is 7.44. The van der Waals surface area contributed by atoms with E-state index in [1.54, 1.807) is 7.05 Å². The van der Waals surface area contributed by atoms with E-state index in [4.69, 9.17) is 0 Å². The molecule has 3 rings (SSSR count). The number of Topliss-reactive ketones (excluding diaryl/α,β-unsaturated/α-hetero) is 1. The molecular formula is C19H22N4O3S. The van der Waals surface area contributed by atoms with Crippen molar-refractivity contribution in [3.05, 3.63) is 56.2 Å². The first-order chi connectivity index (χ1) is 12.8. The molecule has 2 aromatic heterocycles. The fourth-order valence-corrected chi connectivity index (χ4v) is 3.84. The summed E-state index contributed by atoms with van der Waals surface area (Å²) in [6.45, 7) is 4.57. The number of fused-ring (bicyclic) bond motifs is 1. The Morgan fingerprint density at radius 1 is 1.11 bits per heavy atom. The smallest absolute Gasteiger partial charge is 0.313 e. The number of carbonyl (C=O) groups excluding carboxylic acids is 1. The van der Waals surface area contributed by atoms with E-state index >= 15 is 0 Å². The molecule has 1 aromatic carbocycles. The van der Waals surface area contributed by atoms with Crippen LogP contribution in [-0.2, 0) is 20.6 Å². The average Bonchev–Trinajstić information content (AvgIpc) is 3.02. The number of benzene rings is 1. The summed E-state index contributed by atoms with van der Waals surface area (Å²) in [5.41, 5.74) is 1.70. The first-order valence-corrected chi connectivity index (χ1v) is 9.72. The van der Waals surface area contributed by atoms with Gasteiger partial charge in [-0.2, -0.15) is 0 Å². The number of rotatable bonds is 6. The molecule has 0 fully saturated rings. The summed E-state index contributed by atoms with van der Waals surface area (Å²) in [6.07, 6.45) is 0.803. The van der Waals surface area contributed by atoms with E-state index in [0.29, 0.717) is 28.4 Å². The number of nitrogens with zero attached hydrogens (tertiary/aromatic N) is 4. The molecule has 0 atom stereocenters. The molecule has 0 radical (unpaired) electrons. The highest BCUT2D eigenvalue weighted by Crippen LogP contribution is 2.23. The lowest BCUT2D eigenvalue weighted by Gasteiger charge is -2.08. The van der Waals surface area contributed by atoms with Crippen molar-refractivity contribution in [1.82, 2.24) is 18.7 Å². The molecule has 0 saturated heterocycles. The third-order valence-corrected chi connectivity index (χ3v) is 5.44. The Morgan fingerprint density at radius 3 is 2.41 bits per heavy atom. The second-order valence-electron chi connectivity index (χ2n) is 6.50. The highest BCUT2D eigenvalue weighted by Gasteiger charge is 2.19. The lowest BCUT2D eigenvalue weighted by molar-refractivity contribution is 0.102. The molecule has 0 amide bonds. The molecule has 0 N–H and O–H groups in total. The lowest BCUT2D eigenvalue weighted by Crippen LogP contribution is -2.37. The van der Waals surface area contributed by atoms with Crippen molar-refractivity contribution in [2.45, 2.75) is 32.0 Å². The topological polar surface area (TPSA) is 78.9 Å². The molecule has 0 aliphatic rings. The minimum Gasteiger partial charge on any atom is -0.313 e. The Labute approximate surface area is 160 Å². The Kier molecular flexibility index (Phi) is 5.36. The molecule has 27 heavy (non-hydrogen) atoms. The molecule has 0 aliphatic heterocycles. The van der Waals surface area contributed by atoms with E-state index in [9.17, 15) is 14.4 Å². The van der Waals surface area contributed by atoms with Crippen molar-refractivity contribution in [2.75, 3.05) is 5.75 Å². The van der Waals surface area contributed by atoms with Crippen LogP contribution in [0, 0.1) is 6.92 Å². The van der Waals surface area contributed by atoms with Crippen LogP contribution in [0.3, 0.4) is 0 Å². The van der Waals surface area contributed by atoms with Gasteiger partial charge < -0.3 is 4.57 Å². The van der Waals surface area contributed by atoms with Gasteiger partial charge in [0.2, 0.25) is 0 Å². The highest BCUT2D eigenvalue weighted by molar-refractivity contribution is 7.99. The van der Waals surface area contributed by atoms with Crippen LogP contribution in [0.15, 0.2) is 39.0 Å². The Morgan fingerprint density at radius 2 is 1.78 bits per heavy atom. The average molecular weight is 386 g/mol. The highest BCUT2D eigenvalue weighted by atomic mass is 32.2. The maximum atomic E-state index is 12.6. The first-order valence-electron chi connectivity index (χ1n) is 8.74. The van der Waals surface area contributed by atoms with Crippen LogP contribution in [0.1, 0.15) is 29.3 Å². The van der Waals surface area contributed by atoms with Crippen LogP contribution >= 0.6 is 11.8 Å². The van der Waals surface area contributed by atoms with Crippen molar-refractivity contribution >= 4 is 28.7 Å². The maximum absolute atomic E-state index is 12.6. The zero-order valence-corrected chi connectivity index (χ0v) is 16.7. The number of thioether (sulfide) groups is 1. The monoisotopic (exact) mass is 386 g/mol. The fraction of sp³-hybridized carbons (Fsp3) is 0.368. The molecule has 8 heteroatoms. The van der Waals surface area contributed by atoms with Gasteiger partial charge in [-0.25, -0.2) is 9.78 Å². The summed E-state index contributed by atoms with van der Waals surface area (Å²) in [7, 11) is 3.06. The van der Waals surface area contributed by atoms with Gasteiger partial charge in [-0.15, -0.1) is 0 Å². The molecule has 0 bridgehead atoms. The van der Waals surface area contributed by atoms with Gasteiger partial charge in [0.05, 0.1) is 5.75 Å². The minimum absolute atomic E-state index is 0.00287. The second-order valence-corrected chi connectivity index (χ2v) is 7.44. The van der Waals surface area contributed by atoms with Crippen LogP contribution in [0.4, 0.5) is 0 Å². The Hall–Kier alpha value is -2.61. The molecule has 0 aliphatic carbocycles. The maximum Gasteiger partial charge on any atom is 0.332 e. The lowest BCUT2D eigenvalue weighted by atomic mass is 10.1. The van der Waals surface area contributed by atoms with Crippen LogP contribution in [0.25, 0.3) is 11.2 Å². The minimum atomic E-state index is -0.416. The summed E-state index contributed by atoms with van der Waals surface area (Å²) < 4.78 is 4.26. The number of imidazole rings is 1. The van der Waals surface area contributed by atoms with Crippen molar-refractivity contribution < 1.29 is 4.79 Å². The van der Waals surface area contributed by atoms with Gasteiger partial charge >= 0.3 is 5.69 Å². The zero-order chi connectivity index (χ0) is 19.7. The van der Waals surface area contributed by atoms with Crippen LogP contribution in [0.2, 0.25) is 0 Å². The van der Waals surface area contributed by atoms with Gasteiger partial charge in [0.1, 0.15) is 0 Å². The standard InChI is InChI=1S/C19H22N4O3S/c1-5-10-23-15-16(21(3)19(26)22(4)17(15)25)20-18(23)27-11-14(24)13-8-6-12(2)7-9-13/h6-9H,5,10-11H2,1-4H3. The first kappa shape index (κ1) is 19.2. The summed E-state index contributed by atoms with van der Waals surface area (Å²) in [5, 5.41) is 0.575. The van der Waals surface area contributed by atoms with Gasteiger partial charge in [0.15, 0.2) is 22.1 Å². The van der Waals surface area contributed by atoms with E-state index in [2.05, 4.69) is 4.98 Å². The van der Waals surface area contributed by atoms with E-state index in [0.717, 1.165) is 16.6 Å². The normalized spacial score (nSPS) is 11.3. The fourth-order valence-electron chi connectivity index (χ4n) is 2.92. The number of ketones is 1. The predicted molar refractivity (Wildman–Crippen MR) is 107 cm³/mol. The van der Waals surface area contributed by atoms with Crippen LogP contribution < -0.4 is 11.2 Å².